The third kappa shape index (κ3) is 9.37. The highest BCUT2D eigenvalue weighted by Crippen LogP contribution is 1.80. The fraction of sp³-hybridized carbons (Fsp3) is 0.556. The molecule has 0 spiro atoms. The van der Waals surface area contributed by atoms with Crippen LogP contribution in [-0.2, 0) is 0 Å². The summed E-state index contributed by atoms with van der Waals surface area (Å²) in [6, 6.07) is 0. The van der Waals surface area contributed by atoms with Crippen LogP contribution in [0.2, 0.25) is 0 Å². The number of hydrogen-bond donors (Lipinski definition) is 1. The van der Waals surface area contributed by atoms with Gasteiger partial charge in [0.25, 0.3) is 0 Å². The molecule has 11 heavy (non-hydrogen) atoms. The molecule has 0 aromatic rings. The zero-order valence-corrected chi connectivity index (χ0v) is 7.46. The van der Waals surface area contributed by atoms with E-state index >= 15 is 0 Å². The fourth-order valence-electron chi connectivity index (χ4n) is 0.448. The lowest BCUT2D eigenvalue weighted by molar-refractivity contribution is 0.946. The summed E-state index contributed by atoms with van der Waals surface area (Å²) in [5.74, 6) is 11.3. The Labute approximate surface area is 73.6 Å². The molecule has 2 heteroatoms. The Morgan fingerprint density at radius 1 is 1.18 bits per heavy atom. The van der Waals surface area contributed by atoms with Crippen molar-refractivity contribution in [2.24, 2.45) is 0 Å². The van der Waals surface area contributed by atoms with E-state index < -0.39 is 0 Å². The molecule has 0 atom stereocenters. The summed E-state index contributed by atoms with van der Waals surface area (Å²) in [5.41, 5.74) is 0. The van der Waals surface area contributed by atoms with Gasteiger partial charge in [0.2, 0.25) is 0 Å². The van der Waals surface area contributed by atoms with Gasteiger partial charge in [0.1, 0.15) is 0 Å². The summed E-state index contributed by atoms with van der Waals surface area (Å²) in [6.45, 7) is 2.81. The first kappa shape index (κ1) is 10.4. The number of unbranched alkanes of at least 4 members (excludes halogenated alkanes) is 1. The van der Waals surface area contributed by atoms with E-state index in [0.717, 1.165) is 19.3 Å². The van der Waals surface area contributed by atoms with Crippen molar-refractivity contribution in [3.8, 4) is 23.7 Å². The molecule has 0 saturated carbocycles. The zero-order valence-electron chi connectivity index (χ0n) is 6.71. The van der Waals surface area contributed by atoms with Crippen molar-refractivity contribution in [3.05, 3.63) is 0 Å². The first-order valence-electron chi connectivity index (χ1n) is 3.71. The lowest BCUT2D eigenvalue weighted by Gasteiger charge is -1.82. The molecule has 0 radical (unpaired) electrons. The van der Waals surface area contributed by atoms with E-state index in [1.807, 2.05) is 0 Å². The smallest absolute Gasteiger partial charge is 0.0237 e. The maximum absolute atomic E-state index is 5.21. The maximum Gasteiger partial charge on any atom is 0.0237 e. The predicted molar refractivity (Wildman–Crippen MR) is 48.9 cm³/mol. The molecule has 0 saturated heterocycles. The molecule has 60 valence electrons. The first-order valence-corrected chi connectivity index (χ1v) is 4.08. The van der Waals surface area contributed by atoms with Crippen LogP contribution in [0.25, 0.3) is 0 Å². The molecule has 0 bridgehead atoms. The Hall–Kier alpha value is -0.630. The van der Waals surface area contributed by atoms with Gasteiger partial charge in [-0.15, -0.1) is 0 Å². The lowest BCUT2D eigenvalue weighted by Crippen LogP contribution is -1.97. The standard InChI is InChI=1S/C9H12ClN/c1-2-3-4-5-6-7-8-9-11-10/h11H,2-3,8-9H2,1H3. The molecule has 0 aromatic heterocycles. The molecular formula is C9H12ClN. The summed E-state index contributed by atoms with van der Waals surface area (Å²) in [4.78, 5) is 2.49. The van der Waals surface area contributed by atoms with Gasteiger partial charge in [-0.2, -0.15) is 0 Å². The van der Waals surface area contributed by atoms with Crippen molar-refractivity contribution in [1.82, 2.24) is 4.84 Å². The number of rotatable bonds is 3. The summed E-state index contributed by atoms with van der Waals surface area (Å²) < 4.78 is 0. The third-order valence-electron chi connectivity index (χ3n) is 0.959. The second-order valence-corrected chi connectivity index (χ2v) is 2.25. The van der Waals surface area contributed by atoms with Gasteiger partial charge in [-0.1, -0.05) is 18.8 Å². The molecule has 0 rings (SSSR count). The predicted octanol–water partition coefficient (Wildman–Crippen LogP) is 1.93. The van der Waals surface area contributed by atoms with Crippen LogP contribution in [-0.4, -0.2) is 6.54 Å². The van der Waals surface area contributed by atoms with E-state index in [9.17, 15) is 0 Å². The highest BCUT2D eigenvalue weighted by molar-refractivity contribution is 6.13. The van der Waals surface area contributed by atoms with E-state index in [1.54, 1.807) is 0 Å². The molecule has 0 heterocycles. The minimum absolute atomic E-state index is 0.712. The Morgan fingerprint density at radius 3 is 2.36 bits per heavy atom. The largest absolute Gasteiger partial charge is 0.233 e. The van der Waals surface area contributed by atoms with Crippen LogP contribution < -0.4 is 4.84 Å². The molecule has 0 amide bonds. The van der Waals surface area contributed by atoms with Crippen LogP contribution in [0.1, 0.15) is 26.2 Å². The molecule has 0 aliphatic rings. The monoisotopic (exact) mass is 169 g/mol. The Balaban J connectivity index is 3.33. The van der Waals surface area contributed by atoms with Gasteiger partial charge in [0.05, 0.1) is 0 Å². The quantitative estimate of drug-likeness (QED) is 0.387. The van der Waals surface area contributed by atoms with Crippen molar-refractivity contribution in [2.45, 2.75) is 26.2 Å². The van der Waals surface area contributed by atoms with Gasteiger partial charge in [0.15, 0.2) is 0 Å². The second-order valence-electron chi connectivity index (χ2n) is 1.99. The van der Waals surface area contributed by atoms with Crippen molar-refractivity contribution in [1.29, 1.82) is 0 Å². The van der Waals surface area contributed by atoms with Crippen LogP contribution in [0.4, 0.5) is 0 Å². The topological polar surface area (TPSA) is 12.0 Å². The van der Waals surface area contributed by atoms with Gasteiger partial charge in [0, 0.05) is 19.4 Å². The average Bonchev–Trinajstić information content (AvgIpc) is 2.03. The Bertz CT molecular complexity index is 189. The summed E-state index contributed by atoms with van der Waals surface area (Å²) >= 11 is 5.21. The lowest BCUT2D eigenvalue weighted by atomic mass is 10.3. The first-order chi connectivity index (χ1) is 5.41. The molecular weight excluding hydrogens is 158 g/mol. The number of nitrogens with one attached hydrogen (secondary N) is 1. The van der Waals surface area contributed by atoms with Gasteiger partial charge >= 0.3 is 0 Å². The van der Waals surface area contributed by atoms with Crippen LogP contribution in [0.5, 0.6) is 0 Å². The Morgan fingerprint density at radius 2 is 1.82 bits per heavy atom. The van der Waals surface area contributed by atoms with Crippen LogP contribution in [0.3, 0.4) is 0 Å². The Kier molecular flexibility index (Phi) is 8.83. The van der Waals surface area contributed by atoms with E-state index in [-0.39, 0.29) is 0 Å². The molecule has 1 N–H and O–H groups in total. The maximum atomic E-state index is 5.21. The second kappa shape index (κ2) is 9.37. The normalized spacial score (nSPS) is 7.45. The van der Waals surface area contributed by atoms with E-state index in [2.05, 4.69) is 35.4 Å². The zero-order chi connectivity index (χ0) is 8.36. The van der Waals surface area contributed by atoms with Gasteiger partial charge in [-0.05, 0) is 30.0 Å². The molecule has 0 aliphatic heterocycles. The fourth-order valence-corrected chi connectivity index (χ4v) is 0.543. The van der Waals surface area contributed by atoms with Crippen LogP contribution in [0.15, 0.2) is 0 Å². The van der Waals surface area contributed by atoms with Gasteiger partial charge < -0.3 is 0 Å². The molecule has 0 fully saturated rings. The summed E-state index contributed by atoms with van der Waals surface area (Å²) in [5, 5.41) is 0. The van der Waals surface area contributed by atoms with Crippen LogP contribution in [0, 0.1) is 23.7 Å². The molecule has 0 aromatic carbocycles. The minimum atomic E-state index is 0.712. The van der Waals surface area contributed by atoms with Crippen molar-refractivity contribution < 1.29 is 0 Å². The number of halogens is 1. The molecule has 0 aliphatic carbocycles. The highest BCUT2D eigenvalue weighted by Gasteiger charge is 1.73. The van der Waals surface area contributed by atoms with Gasteiger partial charge in [-0.3, -0.25) is 0 Å². The molecule has 1 nitrogen and oxygen atoms in total. The minimum Gasteiger partial charge on any atom is -0.233 e. The SMILES string of the molecule is CCCC#CC#CCCNCl. The van der Waals surface area contributed by atoms with E-state index in [4.69, 9.17) is 11.8 Å². The molecule has 0 unspecified atom stereocenters. The third-order valence-corrected chi connectivity index (χ3v) is 1.15. The van der Waals surface area contributed by atoms with Crippen molar-refractivity contribution in [3.63, 3.8) is 0 Å². The van der Waals surface area contributed by atoms with Crippen molar-refractivity contribution >= 4 is 11.8 Å². The van der Waals surface area contributed by atoms with E-state index in [1.165, 1.54) is 0 Å². The highest BCUT2D eigenvalue weighted by atomic mass is 35.5. The number of hydrogen-bond acceptors (Lipinski definition) is 1. The summed E-state index contributed by atoms with van der Waals surface area (Å²) in [6.07, 6.45) is 2.78. The van der Waals surface area contributed by atoms with E-state index in [0.29, 0.717) is 6.54 Å². The van der Waals surface area contributed by atoms with Crippen molar-refractivity contribution in [2.75, 3.05) is 6.54 Å². The summed E-state index contributed by atoms with van der Waals surface area (Å²) in [7, 11) is 0. The average molecular weight is 170 g/mol. The van der Waals surface area contributed by atoms with Gasteiger partial charge in [-0.25, -0.2) is 4.84 Å². The van der Waals surface area contributed by atoms with Crippen LogP contribution >= 0.6 is 11.8 Å².